The minimum absolute atomic E-state index is 0.0570. The Balaban J connectivity index is 2.23. The molecule has 0 spiro atoms. The number of nitrogens with zero attached hydrogens (tertiary/aromatic N) is 1. The van der Waals surface area contributed by atoms with Crippen LogP contribution in [0.3, 0.4) is 0 Å². The van der Waals surface area contributed by atoms with Gasteiger partial charge < -0.3 is 5.11 Å². The zero-order valence-electron chi connectivity index (χ0n) is 9.05. The molecule has 96 valence electrons. The summed E-state index contributed by atoms with van der Waals surface area (Å²) in [5.41, 5.74) is 0.352. The van der Waals surface area contributed by atoms with Crippen LogP contribution in [0, 0.1) is 0 Å². The van der Waals surface area contributed by atoms with Gasteiger partial charge in [0.25, 0.3) is 0 Å². The Hall–Kier alpha value is -1.04. The molecule has 1 aliphatic rings. The molecule has 0 saturated heterocycles. The van der Waals surface area contributed by atoms with Crippen LogP contribution in [-0.2, 0) is 9.84 Å². The third-order valence-electron chi connectivity index (χ3n) is 2.37. The molecule has 1 aromatic carbocycles. The van der Waals surface area contributed by atoms with Gasteiger partial charge in [0.2, 0.25) is 0 Å². The predicted octanol–water partition coefficient (Wildman–Crippen LogP) is 2.43. The predicted molar refractivity (Wildman–Crippen MR) is 72.4 cm³/mol. The summed E-state index contributed by atoms with van der Waals surface area (Å²) in [6.45, 7) is 0. The number of phenolic OH excluding ortho intramolecular Hbond substituents is 1. The average Bonchev–Trinajstić information content (AvgIpc) is 2.61. The summed E-state index contributed by atoms with van der Waals surface area (Å²) in [4.78, 5) is 4.06. The molecule has 0 fully saturated rings. The highest BCUT2D eigenvalue weighted by Crippen LogP contribution is 2.30. The molecule has 0 aromatic heterocycles. The van der Waals surface area contributed by atoms with Crippen molar-refractivity contribution in [2.24, 2.45) is 4.99 Å². The molecule has 0 saturated carbocycles. The molecule has 0 unspecified atom stereocenters. The fourth-order valence-electron chi connectivity index (χ4n) is 1.51. The van der Waals surface area contributed by atoms with E-state index in [2.05, 4.69) is 4.99 Å². The van der Waals surface area contributed by atoms with Crippen LogP contribution in [0.1, 0.15) is 5.56 Å². The third-order valence-corrected chi connectivity index (χ3v) is 4.26. The van der Waals surface area contributed by atoms with Crippen molar-refractivity contribution in [3.8, 4) is 5.75 Å². The molecule has 7 heteroatoms. The summed E-state index contributed by atoms with van der Waals surface area (Å²) in [5, 5.41) is 11.3. The van der Waals surface area contributed by atoms with Crippen molar-refractivity contribution in [2.75, 3.05) is 5.75 Å². The fourth-order valence-corrected chi connectivity index (χ4v) is 3.23. The van der Waals surface area contributed by atoms with Gasteiger partial charge in [-0.25, -0.2) is 8.42 Å². The SMILES string of the molecule is O=S1(=O)C=C[C@@H](N=Cc2cc(Cl)cc(Cl)c2O)C1. The zero-order chi connectivity index (χ0) is 13.3. The quantitative estimate of drug-likeness (QED) is 0.853. The molecule has 2 rings (SSSR count). The number of hydrogen-bond acceptors (Lipinski definition) is 4. The highest BCUT2D eigenvalue weighted by atomic mass is 35.5. The first kappa shape index (κ1) is 13.4. The monoisotopic (exact) mass is 305 g/mol. The summed E-state index contributed by atoms with van der Waals surface area (Å²) in [5.74, 6) is -0.187. The van der Waals surface area contributed by atoms with Crippen molar-refractivity contribution in [1.29, 1.82) is 0 Å². The standard InChI is InChI=1S/C11H9Cl2NO3S/c12-8-3-7(11(15)10(13)4-8)5-14-9-1-2-18(16,17)6-9/h1-5,9,15H,6H2/t9-/m1/s1. The van der Waals surface area contributed by atoms with Gasteiger partial charge in [0.15, 0.2) is 9.84 Å². The van der Waals surface area contributed by atoms with E-state index in [0.717, 1.165) is 5.41 Å². The van der Waals surface area contributed by atoms with E-state index in [0.29, 0.717) is 10.6 Å². The number of rotatable bonds is 2. The largest absolute Gasteiger partial charge is 0.506 e. The van der Waals surface area contributed by atoms with Gasteiger partial charge in [-0.05, 0) is 18.2 Å². The lowest BCUT2D eigenvalue weighted by Gasteiger charge is -2.03. The van der Waals surface area contributed by atoms with Gasteiger partial charge in [-0.2, -0.15) is 0 Å². The van der Waals surface area contributed by atoms with Gasteiger partial charge in [-0.3, -0.25) is 4.99 Å². The van der Waals surface area contributed by atoms with Gasteiger partial charge in [0.1, 0.15) is 5.75 Å². The maximum atomic E-state index is 11.2. The number of aromatic hydroxyl groups is 1. The highest BCUT2D eigenvalue weighted by Gasteiger charge is 2.20. The Morgan fingerprint density at radius 3 is 2.72 bits per heavy atom. The minimum atomic E-state index is -3.14. The summed E-state index contributed by atoms with van der Waals surface area (Å²) < 4.78 is 22.4. The first-order chi connectivity index (χ1) is 8.37. The number of phenols is 1. The molecule has 18 heavy (non-hydrogen) atoms. The van der Waals surface area contributed by atoms with Gasteiger partial charge in [0, 0.05) is 22.2 Å². The van der Waals surface area contributed by atoms with Crippen molar-refractivity contribution in [1.82, 2.24) is 0 Å². The third kappa shape index (κ3) is 3.04. The van der Waals surface area contributed by atoms with Gasteiger partial charge in [0.05, 0.1) is 16.8 Å². The fraction of sp³-hybridized carbons (Fsp3) is 0.182. The Morgan fingerprint density at radius 2 is 2.11 bits per heavy atom. The van der Waals surface area contributed by atoms with E-state index in [9.17, 15) is 13.5 Å². The Kier molecular flexibility index (Phi) is 3.66. The van der Waals surface area contributed by atoms with Gasteiger partial charge >= 0.3 is 0 Å². The van der Waals surface area contributed by atoms with Crippen LogP contribution in [0.4, 0.5) is 0 Å². The molecule has 1 aliphatic heterocycles. The second kappa shape index (κ2) is 4.91. The zero-order valence-corrected chi connectivity index (χ0v) is 11.4. The van der Waals surface area contributed by atoms with Crippen LogP contribution >= 0.6 is 23.2 Å². The topological polar surface area (TPSA) is 66.7 Å². The molecule has 0 radical (unpaired) electrons. The second-order valence-corrected chi connectivity index (χ2v) is 6.60. The number of sulfone groups is 1. The molecular formula is C11H9Cl2NO3S. The Bertz CT molecular complexity index is 638. The van der Waals surface area contributed by atoms with E-state index in [4.69, 9.17) is 23.2 Å². The van der Waals surface area contributed by atoms with Crippen LogP contribution in [0.2, 0.25) is 10.0 Å². The smallest absolute Gasteiger partial charge is 0.173 e. The van der Waals surface area contributed by atoms with Crippen molar-refractivity contribution in [2.45, 2.75) is 6.04 Å². The van der Waals surface area contributed by atoms with Crippen LogP contribution in [0.25, 0.3) is 0 Å². The lowest BCUT2D eigenvalue weighted by atomic mass is 10.2. The summed E-state index contributed by atoms with van der Waals surface area (Å²) in [7, 11) is -3.14. The first-order valence-electron chi connectivity index (χ1n) is 4.99. The number of benzene rings is 1. The maximum Gasteiger partial charge on any atom is 0.173 e. The molecule has 0 aliphatic carbocycles. The summed E-state index contributed by atoms with van der Waals surface area (Å²) >= 11 is 11.5. The number of aliphatic imine (C=N–C) groups is 1. The maximum absolute atomic E-state index is 11.2. The summed E-state index contributed by atoms with van der Waals surface area (Å²) in [6, 6.07) is 2.47. The van der Waals surface area contributed by atoms with E-state index in [1.807, 2.05) is 0 Å². The summed E-state index contributed by atoms with van der Waals surface area (Å²) in [6.07, 6.45) is 2.86. The lowest BCUT2D eigenvalue weighted by molar-refractivity contribution is 0.474. The Labute approximate surface area is 114 Å². The molecule has 4 nitrogen and oxygen atoms in total. The molecule has 1 atom stereocenters. The molecule has 0 amide bonds. The van der Waals surface area contributed by atoms with E-state index in [1.54, 1.807) is 0 Å². The first-order valence-corrected chi connectivity index (χ1v) is 7.47. The number of hydrogen-bond donors (Lipinski definition) is 1. The molecular weight excluding hydrogens is 297 g/mol. The second-order valence-electron chi connectivity index (χ2n) is 3.83. The van der Waals surface area contributed by atoms with Crippen molar-refractivity contribution >= 4 is 39.3 Å². The van der Waals surface area contributed by atoms with Crippen molar-refractivity contribution in [3.05, 3.63) is 39.2 Å². The minimum Gasteiger partial charge on any atom is -0.506 e. The molecule has 0 bridgehead atoms. The normalized spacial score (nSPS) is 21.8. The van der Waals surface area contributed by atoms with Crippen molar-refractivity contribution < 1.29 is 13.5 Å². The highest BCUT2D eigenvalue weighted by molar-refractivity contribution is 7.94. The molecule has 1 aromatic rings. The van der Waals surface area contributed by atoms with E-state index < -0.39 is 15.9 Å². The molecule has 1 heterocycles. The van der Waals surface area contributed by atoms with E-state index in [1.165, 1.54) is 24.4 Å². The van der Waals surface area contributed by atoms with Crippen molar-refractivity contribution in [3.63, 3.8) is 0 Å². The van der Waals surface area contributed by atoms with Gasteiger partial charge in [-0.1, -0.05) is 23.2 Å². The van der Waals surface area contributed by atoms with Crippen LogP contribution in [-0.4, -0.2) is 31.5 Å². The van der Waals surface area contributed by atoms with E-state index >= 15 is 0 Å². The van der Waals surface area contributed by atoms with Gasteiger partial charge in [-0.15, -0.1) is 0 Å². The van der Waals surface area contributed by atoms with Crippen LogP contribution in [0.15, 0.2) is 28.6 Å². The number of halogens is 2. The van der Waals surface area contributed by atoms with E-state index in [-0.39, 0.29) is 16.5 Å². The molecule has 1 N–H and O–H groups in total. The van der Waals surface area contributed by atoms with Crippen LogP contribution < -0.4 is 0 Å². The Morgan fingerprint density at radius 1 is 1.39 bits per heavy atom. The lowest BCUT2D eigenvalue weighted by Crippen LogP contribution is -2.08. The van der Waals surface area contributed by atoms with Crippen LogP contribution in [0.5, 0.6) is 5.75 Å². The average molecular weight is 306 g/mol.